The zero-order valence-corrected chi connectivity index (χ0v) is 12.3. The average molecular weight is 318 g/mol. The monoisotopic (exact) mass is 317 g/mol. The summed E-state index contributed by atoms with van der Waals surface area (Å²) < 4.78 is 27.8. The van der Waals surface area contributed by atoms with Crippen LogP contribution in [-0.2, 0) is 0 Å². The van der Waals surface area contributed by atoms with E-state index in [1.54, 1.807) is 0 Å². The second-order valence-electron chi connectivity index (χ2n) is 5.83. The van der Waals surface area contributed by atoms with Gasteiger partial charge in [-0.2, -0.15) is 0 Å². The zero-order chi connectivity index (χ0) is 13.3. The van der Waals surface area contributed by atoms with Gasteiger partial charge in [0.05, 0.1) is 0 Å². The van der Waals surface area contributed by atoms with Crippen molar-refractivity contribution in [2.45, 2.75) is 45.6 Å². The minimum absolute atomic E-state index is 0.00269. The summed E-state index contributed by atoms with van der Waals surface area (Å²) in [6.45, 7) is 4.48. The predicted molar refractivity (Wildman–Crippen MR) is 73.7 cm³/mol. The molecular weight excluding hydrogens is 300 g/mol. The summed E-state index contributed by atoms with van der Waals surface area (Å²) in [5.74, 6) is -1.07. The lowest BCUT2D eigenvalue weighted by Gasteiger charge is -2.35. The quantitative estimate of drug-likeness (QED) is 0.799. The molecule has 18 heavy (non-hydrogen) atoms. The third kappa shape index (κ3) is 3.22. The minimum atomic E-state index is -0.535. The standard InChI is InChI=1S/C14H18BrF2N/c1-14(2)5-3-10(4-6-14)18-13-11(16)7-9(15)8-12(13)17/h7-8,10,18H,3-6H2,1-2H3. The molecule has 0 unspecified atom stereocenters. The fraction of sp³-hybridized carbons (Fsp3) is 0.571. The summed E-state index contributed by atoms with van der Waals surface area (Å²) >= 11 is 3.08. The van der Waals surface area contributed by atoms with Gasteiger partial charge in [-0.05, 0) is 43.2 Å². The van der Waals surface area contributed by atoms with Crippen LogP contribution in [0.5, 0.6) is 0 Å². The predicted octanol–water partition coefficient (Wildman–Crippen LogP) is 5.11. The van der Waals surface area contributed by atoms with Crippen LogP contribution >= 0.6 is 15.9 Å². The van der Waals surface area contributed by atoms with E-state index in [9.17, 15) is 8.78 Å². The molecule has 0 radical (unpaired) electrons. The van der Waals surface area contributed by atoms with Crippen molar-refractivity contribution in [2.24, 2.45) is 5.41 Å². The minimum Gasteiger partial charge on any atom is -0.378 e. The zero-order valence-electron chi connectivity index (χ0n) is 10.7. The van der Waals surface area contributed by atoms with E-state index in [-0.39, 0.29) is 11.7 Å². The van der Waals surface area contributed by atoms with Gasteiger partial charge in [0, 0.05) is 10.5 Å². The molecule has 1 fully saturated rings. The van der Waals surface area contributed by atoms with E-state index in [1.165, 1.54) is 12.1 Å². The topological polar surface area (TPSA) is 12.0 Å². The highest BCUT2D eigenvalue weighted by Crippen LogP contribution is 2.36. The van der Waals surface area contributed by atoms with Crippen molar-refractivity contribution in [3.8, 4) is 0 Å². The molecule has 100 valence electrons. The Morgan fingerprint density at radius 1 is 1.17 bits per heavy atom. The smallest absolute Gasteiger partial charge is 0.150 e. The molecule has 0 atom stereocenters. The van der Waals surface area contributed by atoms with E-state index in [0.717, 1.165) is 25.7 Å². The number of hydrogen-bond donors (Lipinski definition) is 1. The van der Waals surface area contributed by atoms with Crippen molar-refractivity contribution in [1.29, 1.82) is 0 Å². The maximum Gasteiger partial charge on any atom is 0.150 e. The van der Waals surface area contributed by atoms with Crippen LogP contribution in [0.15, 0.2) is 16.6 Å². The first kappa shape index (κ1) is 13.8. The summed E-state index contributed by atoms with van der Waals surface area (Å²) in [6.07, 6.45) is 4.10. The van der Waals surface area contributed by atoms with Crippen LogP contribution in [0, 0.1) is 17.0 Å². The van der Waals surface area contributed by atoms with Gasteiger partial charge >= 0.3 is 0 Å². The Labute approximate surface area is 115 Å². The Bertz CT molecular complexity index is 412. The number of rotatable bonds is 2. The van der Waals surface area contributed by atoms with Crippen LogP contribution in [-0.4, -0.2) is 6.04 Å². The van der Waals surface area contributed by atoms with Crippen LogP contribution in [0.1, 0.15) is 39.5 Å². The van der Waals surface area contributed by atoms with Gasteiger partial charge in [0.15, 0.2) is 0 Å². The van der Waals surface area contributed by atoms with Crippen LogP contribution in [0.4, 0.5) is 14.5 Å². The van der Waals surface area contributed by atoms with Crippen molar-refractivity contribution >= 4 is 21.6 Å². The van der Waals surface area contributed by atoms with Gasteiger partial charge in [-0.25, -0.2) is 8.78 Å². The van der Waals surface area contributed by atoms with Crippen molar-refractivity contribution < 1.29 is 8.78 Å². The van der Waals surface area contributed by atoms with Gasteiger partial charge in [0.25, 0.3) is 0 Å². The highest BCUT2D eigenvalue weighted by molar-refractivity contribution is 9.10. The maximum atomic E-state index is 13.7. The van der Waals surface area contributed by atoms with Gasteiger partial charge in [0.2, 0.25) is 0 Å². The fourth-order valence-corrected chi connectivity index (χ4v) is 2.83. The molecule has 0 bridgehead atoms. The molecule has 1 aromatic rings. The number of anilines is 1. The van der Waals surface area contributed by atoms with Crippen molar-refractivity contribution in [1.82, 2.24) is 0 Å². The normalized spacial score (nSPS) is 19.8. The number of benzene rings is 1. The van der Waals surface area contributed by atoms with Gasteiger partial charge in [-0.15, -0.1) is 0 Å². The Kier molecular flexibility index (Phi) is 3.95. The fourth-order valence-electron chi connectivity index (χ4n) is 2.43. The molecule has 1 aliphatic rings. The molecule has 0 amide bonds. The van der Waals surface area contributed by atoms with E-state index >= 15 is 0 Å². The highest BCUT2D eigenvalue weighted by Gasteiger charge is 2.27. The molecule has 1 aliphatic carbocycles. The highest BCUT2D eigenvalue weighted by atomic mass is 79.9. The lowest BCUT2D eigenvalue weighted by molar-refractivity contribution is 0.232. The Hall–Kier alpha value is -0.640. The molecule has 0 spiro atoms. The van der Waals surface area contributed by atoms with E-state index in [1.807, 2.05) is 0 Å². The molecule has 2 rings (SSSR count). The number of halogens is 3. The van der Waals surface area contributed by atoms with E-state index in [2.05, 4.69) is 35.1 Å². The molecule has 1 nitrogen and oxygen atoms in total. The Morgan fingerprint density at radius 3 is 2.17 bits per heavy atom. The Morgan fingerprint density at radius 2 is 1.67 bits per heavy atom. The second-order valence-corrected chi connectivity index (χ2v) is 6.74. The Balaban J connectivity index is 2.07. The van der Waals surface area contributed by atoms with E-state index in [0.29, 0.717) is 9.89 Å². The van der Waals surface area contributed by atoms with Crippen molar-refractivity contribution in [2.75, 3.05) is 5.32 Å². The number of hydrogen-bond acceptors (Lipinski definition) is 1. The van der Waals surface area contributed by atoms with Gasteiger partial charge in [-0.1, -0.05) is 29.8 Å². The molecule has 4 heteroatoms. The SMILES string of the molecule is CC1(C)CCC(Nc2c(F)cc(Br)cc2F)CC1. The summed E-state index contributed by atoms with van der Waals surface area (Å²) in [6, 6.07) is 2.75. The number of nitrogens with one attached hydrogen (secondary N) is 1. The van der Waals surface area contributed by atoms with Crippen LogP contribution in [0.2, 0.25) is 0 Å². The first-order valence-corrected chi connectivity index (χ1v) is 7.08. The summed E-state index contributed by atoms with van der Waals surface area (Å²) in [5.41, 5.74) is 0.359. The average Bonchev–Trinajstić information content (AvgIpc) is 2.25. The van der Waals surface area contributed by atoms with E-state index < -0.39 is 11.6 Å². The van der Waals surface area contributed by atoms with Gasteiger partial charge < -0.3 is 5.32 Å². The first-order valence-electron chi connectivity index (χ1n) is 6.28. The summed E-state index contributed by atoms with van der Waals surface area (Å²) in [7, 11) is 0. The van der Waals surface area contributed by atoms with Crippen LogP contribution < -0.4 is 5.32 Å². The van der Waals surface area contributed by atoms with Crippen molar-refractivity contribution in [3.05, 3.63) is 28.2 Å². The second kappa shape index (κ2) is 5.16. The van der Waals surface area contributed by atoms with Crippen LogP contribution in [0.25, 0.3) is 0 Å². The third-order valence-electron chi connectivity index (χ3n) is 3.69. The molecular formula is C14H18BrF2N. The summed E-state index contributed by atoms with van der Waals surface area (Å²) in [5, 5.41) is 3.01. The van der Waals surface area contributed by atoms with Gasteiger partial charge in [-0.3, -0.25) is 0 Å². The lowest BCUT2D eigenvalue weighted by atomic mass is 9.75. The largest absolute Gasteiger partial charge is 0.378 e. The third-order valence-corrected chi connectivity index (χ3v) is 4.15. The molecule has 0 aromatic heterocycles. The van der Waals surface area contributed by atoms with Crippen molar-refractivity contribution in [3.63, 3.8) is 0 Å². The first-order chi connectivity index (χ1) is 8.37. The maximum absolute atomic E-state index is 13.7. The summed E-state index contributed by atoms with van der Waals surface area (Å²) in [4.78, 5) is 0. The molecule has 0 heterocycles. The van der Waals surface area contributed by atoms with Gasteiger partial charge in [0.1, 0.15) is 17.3 Å². The molecule has 1 N–H and O–H groups in total. The molecule has 1 saturated carbocycles. The molecule has 1 aromatic carbocycles. The molecule has 0 saturated heterocycles. The lowest BCUT2D eigenvalue weighted by Crippen LogP contribution is -2.30. The van der Waals surface area contributed by atoms with E-state index in [4.69, 9.17) is 0 Å². The van der Waals surface area contributed by atoms with Crippen LogP contribution in [0.3, 0.4) is 0 Å². The molecule has 0 aliphatic heterocycles.